The van der Waals surface area contributed by atoms with Crippen molar-refractivity contribution >= 4 is 22.8 Å². The van der Waals surface area contributed by atoms with Gasteiger partial charge in [0.1, 0.15) is 0 Å². The summed E-state index contributed by atoms with van der Waals surface area (Å²) in [5, 5.41) is 2.81. The highest BCUT2D eigenvalue weighted by Crippen LogP contribution is 2.11. The minimum Gasteiger partial charge on any atom is -0.388 e. The number of fused-ring (bicyclic) bond motifs is 1. The molecule has 0 spiro atoms. The zero-order valence-electron chi connectivity index (χ0n) is 11.4. The lowest BCUT2D eigenvalue weighted by Gasteiger charge is -2.12. The van der Waals surface area contributed by atoms with Crippen molar-refractivity contribution in [2.24, 2.45) is 11.7 Å². The molecule has 1 aromatic heterocycles. The molecular formula is C14H17N3O3. The average Bonchev–Trinajstić information content (AvgIpc) is 2.38. The van der Waals surface area contributed by atoms with Crippen molar-refractivity contribution in [1.82, 2.24) is 4.98 Å². The van der Waals surface area contributed by atoms with Gasteiger partial charge in [0.05, 0.1) is 16.9 Å². The Morgan fingerprint density at radius 3 is 2.80 bits per heavy atom. The molecule has 0 aliphatic carbocycles. The number of rotatable bonds is 4. The van der Waals surface area contributed by atoms with Crippen LogP contribution in [0.2, 0.25) is 0 Å². The summed E-state index contributed by atoms with van der Waals surface area (Å²) in [6.45, 7) is 3.95. The second kappa shape index (κ2) is 5.83. The van der Waals surface area contributed by atoms with Gasteiger partial charge in [-0.15, -0.1) is 0 Å². The van der Waals surface area contributed by atoms with E-state index in [0.717, 1.165) is 0 Å². The monoisotopic (exact) mass is 275 g/mol. The molecule has 0 bridgehead atoms. The molecule has 0 aliphatic heterocycles. The summed E-state index contributed by atoms with van der Waals surface area (Å²) >= 11 is 0. The molecule has 1 atom stereocenters. The SMILES string of the molecule is CC(C)C[C@H](N)C(=O)Nc1nc2ccccc2c(=O)o1. The molecule has 0 radical (unpaired) electrons. The number of anilines is 1. The molecule has 0 fully saturated rings. The predicted molar refractivity (Wildman–Crippen MR) is 76.3 cm³/mol. The number of amides is 1. The summed E-state index contributed by atoms with van der Waals surface area (Å²) in [5.41, 5.74) is 5.69. The van der Waals surface area contributed by atoms with Crippen LogP contribution in [0.3, 0.4) is 0 Å². The lowest BCUT2D eigenvalue weighted by atomic mass is 10.0. The van der Waals surface area contributed by atoms with E-state index >= 15 is 0 Å². The molecule has 1 amide bonds. The third-order valence-corrected chi connectivity index (χ3v) is 2.83. The van der Waals surface area contributed by atoms with E-state index in [1.54, 1.807) is 24.3 Å². The van der Waals surface area contributed by atoms with Gasteiger partial charge in [-0.3, -0.25) is 10.1 Å². The third kappa shape index (κ3) is 3.21. The molecule has 106 valence electrons. The van der Waals surface area contributed by atoms with E-state index in [4.69, 9.17) is 10.2 Å². The molecule has 20 heavy (non-hydrogen) atoms. The minimum absolute atomic E-state index is 0.127. The molecule has 3 N–H and O–H groups in total. The van der Waals surface area contributed by atoms with Crippen LogP contribution in [0.25, 0.3) is 10.9 Å². The molecular weight excluding hydrogens is 258 g/mol. The molecule has 1 heterocycles. The number of aromatic nitrogens is 1. The Hall–Kier alpha value is -2.21. The van der Waals surface area contributed by atoms with Crippen molar-refractivity contribution in [3.8, 4) is 0 Å². The fourth-order valence-electron chi connectivity index (χ4n) is 1.89. The van der Waals surface area contributed by atoms with Gasteiger partial charge in [0.25, 0.3) is 0 Å². The van der Waals surface area contributed by atoms with Gasteiger partial charge in [0.15, 0.2) is 0 Å². The smallest absolute Gasteiger partial charge is 0.348 e. The second-order valence-corrected chi connectivity index (χ2v) is 5.05. The third-order valence-electron chi connectivity index (χ3n) is 2.83. The summed E-state index contributed by atoms with van der Waals surface area (Å²) in [6, 6.07) is 5.98. The molecule has 0 unspecified atom stereocenters. The average molecular weight is 275 g/mol. The lowest BCUT2D eigenvalue weighted by molar-refractivity contribution is -0.117. The first-order chi connectivity index (χ1) is 9.47. The van der Waals surface area contributed by atoms with Crippen LogP contribution in [-0.4, -0.2) is 16.9 Å². The Morgan fingerprint density at radius 2 is 2.10 bits per heavy atom. The van der Waals surface area contributed by atoms with Crippen molar-refractivity contribution in [2.45, 2.75) is 26.3 Å². The van der Waals surface area contributed by atoms with E-state index in [9.17, 15) is 9.59 Å². The quantitative estimate of drug-likeness (QED) is 0.881. The largest absolute Gasteiger partial charge is 0.388 e. The van der Waals surface area contributed by atoms with E-state index in [2.05, 4.69) is 10.3 Å². The lowest BCUT2D eigenvalue weighted by Crippen LogP contribution is -2.37. The van der Waals surface area contributed by atoms with Gasteiger partial charge >= 0.3 is 11.6 Å². The van der Waals surface area contributed by atoms with Crippen LogP contribution in [0.4, 0.5) is 6.01 Å². The molecule has 1 aromatic carbocycles. The van der Waals surface area contributed by atoms with Gasteiger partial charge in [-0.2, -0.15) is 4.98 Å². The zero-order chi connectivity index (χ0) is 14.7. The van der Waals surface area contributed by atoms with Crippen LogP contribution in [0.1, 0.15) is 20.3 Å². The molecule has 0 saturated carbocycles. The normalized spacial score (nSPS) is 12.6. The Labute approximate surface area is 116 Å². The number of hydrogen-bond donors (Lipinski definition) is 2. The first kappa shape index (κ1) is 14.2. The first-order valence-electron chi connectivity index (χ1n) is 6.43. The Morgan fingerprint density at radius 1 is 1.40 bits per heavy atom. The number of benzene rings is 1. The maximum absolute atomic E-state index is 11.9. The minimum atomic E-state index is -0.659. The van der Waals surface area contributed by atoms with E-state index in [0.29, 0.717) is 23.2 Å². The first-order valence-corrected chi connectivity index (χ1v) is 6.43. The number of nitrogens with zero attached hydrogens (tertiary/aromatic N) is 1. The van der Waals surface area contributed by atoms with Crippen LogP contribution in [0.5, 0.6) is 0 Å². The van der Waals surface area contributed by atoms with Gasteiger partial charge in [0, 0.05) is 0 Å². The maximum Gasteiger partial charge on any atom is 0.348 e. The standard InChI is InChI=1S/C14H17N3O3/c1-8(2)7-10(15)12(18)17-14-16-11-6-4-3-5-9(11)13(19)20-14/h3-6,8,10H,7,15H2,1-2H3,(H,16,17,18)/t10-/m0/s1. The number of hydrogen-bond acceptors (Lipinski definition) is 5. The predicted octanol–water partition coefficient (Wildman–Crippen LogP) is 1.50. The Bertz CT molecular complexity index is 679. The summed E-state index contributed by atoms with van der Waals surface area (Å²) in [7, 11) is 0. The molecule has 6 heteroatoms. The summed E-state index contributed by atoms with van der Waals surface area (Å²) in [6.07, 6.45) is 0.545. The van der Waals surface area contributed by atoms with Gasteiger partial charge < -0.3 is 10.2 Å². The van der Waals surface area contributed by atoms with Crippen LogP contribution < -0.4 is 16.7 Å². The van der Waals surface area contributed by atoms with E-state index in [-0.39, 0.29) is 6.01 Å². The van der Waals surface area contributed by atoms with E-state index < -0.39 is 17.6 Å². The maximum atomic E-state index is 11.9. The van der Waals surface area contributed by atoms with Gasteiger partial charge in [-0.25, -0.2) is 4.79 Å². The number of nitrogens with two attached hydrogens (primary N) is 1. The molecule has 0 saturated heterocycles. The number of carbonyl (C=O) groups excluding carboxylic acids is 1. The number of para-hydroxylation sites is 1. The molecule has 6 nitrogen and oxygen atoms in total. The van der Waals surface area contributed by atoms with Crippen molar-refractivity contribution < 1.29 is 9.21 Å². The van der Waals surface area contributed by atoms with Crippen molar-refractivity contribution in [1.29, 1.82) is 0 Å². The van der Waals surface area contributed by atoms with E-state index in [1.807, 2.05) is 13.8 Å². The summed E-state index contributed by atoms with van der Waals surface area (Å²) in [4.78, 5) is 27.7. The number of nitrogens with one attached hydrogen (secondary N) is 1. The fourth-order valence-corrected chi connectivity index (χ4v) is 1.89. The van der Waals surface area contributed by atoms with Crippen molar-refractivity contribution in [3.63, 3.8) is 0 Å². The molecule has 2 rings (SSSR count). The Kier molecular flexibility index (Phi) is 4.14. The molecule has 2 aromatic rings. The highest BCUT2D eigenvalue weighted by atomic mass is 16.4. The number of carbonyl (C=O) groups is 1. The van der Waals surface area contributed by atoms with E-state index in [1.165, 1.54) is 0 Å². The highest BCUT2D eigenvalue weighted by Gasteiger charge is 2.17. The highest BCUT2D eigenvalue weighted by molar-refractivity contribution is 5.93. The van der Waals surface area contributed by atoms with Crippen LogP contribution in [-0.2, 0) is 4.79 Å². The van der Waals surface area contributed by atoms with Gasteiger partial charge in [-0.1, -0.05) is 26.0 Å². The van der Waals surface area contributed by atoms with Gasteiger partial charge in [-0.05, 0) is 24.5 Å². The topological polar surface area (TPSA) is 98.2 Å². The fraction of sp³-hybridized carbons (Fsp3) is 0.357. The van der Waals surface area contributed by atoms with Crippen LogP contribution >= 0.6 is 0 Å². The van der Waals surface area contributed by atoms with Crippen molar-refractivity contribution in [3.05, 3.63) is 34.7 Å². The van der Waals surface area contributed by atoms with Crippen LogP contribution in [0, 0.1) is 5.92 Å². The van der Waals surface area contributed by atoms with Crippen molar-refractivity contribution in [2.75, 3.05) is 5.32 Å². The summed E-state index contributed by atoms with van der Waals surface area (Å²) < 4.78 is 4.96. The Balaban J connectivity index is 2.22. The molecule has 0 aliphatic rings. The second-order valence-electron chi connectivity index (χ2n) is 5.05. The van der Waals surface area contributed by atoms with Crippen LogP contribution in [0.15, 0.2) is 33.5 Å². The van der Waals surface area contributed by atoms with Gasteiger partial charge in [0.2, 0.25) is 5.91 Å². The zero-order valence-corrected chi connectivity index (χ0v) is 11.4. The summed E-state index contributed by atoms with van der Waals surface area (Å²) in [5.74, 6) is -0.114.